The molecule has 0 aromatic rings. The zero-order valence-electron chi connectivity index (χ0n) is 9.82. The number of amides is 1. The minimum atomic E-state index is -0.340. The van der Waals surface area contributed by atoms with Crippen LogP contribution in [0.15, 0.2) is 0 Å². The number of rotatable bonds is 5. The van der Waals surface area contributed by atoms with Crippen molar-refractivity contribution in [2.24, 2.45) is 5.84 Å². The third-order valence-electron chi connectivity index (χ3n) is 3.45. The number of nitrogens with two attached hydrogens (primary N) is 1. The predicted molar refractivity (Wildman–Crippen MR) is 60.5 cm³/mol. The fourth-order valence-corrected chi connectivity index (χ4v) is 2.36. The Morgan fingerprint density at radius 2 is 2.19 bits per heavy atom. The molecule has 2 rings (SSSR count). The van der Waals surface area contributed by atoms with Gasteiger partial charge in [0, 0.05) is 12.6 Å². The normalized spacial score (nSPS) is 29.7. The van der Waals surface area contributed by atoms with Crippen molar-refractivity contribution in [3.63, 3.8) is 0 Å². The summed E-state index contributed by atoms with van der Waals surface area (Å²) in [4.78, 5) is 13.7. The van der Waals surface area contributed by atoms with Crippen LogP contribution in [0.5, 0.6) is 0 Å². The van der Waals surface area contributed by atoms with Crippen molar-refractivity contribution in [2.75, 3.05) is 13.1 Å². The molecule has 1 amide bonds. The van der Waals surface area contributed by atoms with Gasteiger partial charge < -0.3 is 4.74 Å². The van der Waals surface area contributed by atoms with Crippen LogP contribution >= 0.6 is 0 Å². The van der Waals surface area contributed by atoms with Gasteiger partial charge in [0.1, 0.15) is 6.10 Å². The lowest BCUT2D eigenvalue weighted by molar-refractivity contribution is -0.132. The number of carbonyl (C=O) groups is 1. The zero-order chi connectivity index (χ0) is 11.5. The van der Waals surface area contributed by atoms with Gasteiger partial charge in [0.25, 0.3) is 5.91 Å². The maximum absolute atomic E-state index is 11.3. The molecule has 92 valence electrons. The van der Waals surface area contributed by atoms with Gasteiger partial charge in [0.15, 0.2) is 0 Å². The molecule has 2 aliphatic rings. The summed E-state index contributed by atoms with van der Waals surface area (Å²) >= 11 is 0. The van der Waals surface area contributed by atoms with Crippen molar-refractivity contribution in [1.29, 1.82) is 0 Å². The Kier molecular flexibility index (Phi) is 3.78. The topological polar surface area (TPSA) is 67.6 Å². The van der Waals surface area contributed by atoms with Crippen LogP contribution < -0.4 is 11.3 Å². The fourth-order valence-electron chi connectivity index (χ4n) is 2.36. The number of hydrogen-bond donors (Lipinski definition) is 2. The molecule has 0 radical (unpaired) electrons. The molecule has 0 spiro atoms. The Morgan fingerprint density at radius 3 is 2.75 bits per heavy atom. The number of nitrogens with one attached hydrogen (secondary N) is 1. The van der Waals surface area contributed by atoms with E-state index >= 15 is 0 Å². The molecule has 1 heterocycles. The number of hydrogen-bond acceptors (Lipinski definition) is 4. The molecule has 1 saturated heterocycles. The summed E-state index contributed by atoms with van der Waals surface area (Å²) in [6.07, 6.45) is 4.23. The third kappa shape index (κ3) is 2.72. The first-order chi connectivity index (χ1) is 7.74. The molecule has 2 fully saturated rings. The van der Waals surface area contributed by atoms with Gasteiger partial charge in [-0.2, -0.15) is 0 Å². The van der Waals surface area contributed by atoms with Crippen molar-refractivity contribution in [3.05, 3.63) is 0 Å². The van der Waals surface area contributed by atoms with E-state index in [1.165, 1.54) is 12.8 Å². The zero-order valence-corrected chi connectivity index (χ0v) is 9.82. The van der Waals surface area contributed by atoms with E-state index in [0.29, 0.717) is 0 Å². The summed E-state index contributed by atoms with van der Waals surface area (Å²) < 4.78 is 5.69. The van der Waals surface area contributed by atoms with Crippen LogP contribution in [0.1, 0.15) is 32.6 Å². The first-order valence-electron chi connectivity index (χ1n) is 6.14. The molecule has 0 aromatic carbocycles. The van der Waals surface area contributed by atoms with Crippen LogP contribution in [0, 0.1) is 0 Å². The van der Waals surface area contributed by atoms with Gasteiger partial charge in [-0.15, -0.1) is 0 Å². The first kappa shape index (κ1) is 11.8. The summed E-state index contributed by atoms with van der Waals surface area (Å²) in [5, 5.41) is 0. The molecule has 0 bridgehead atoms. The largest absolute Gasteiger partial charge is 0.364 e. The van der Waals surface area contributed by atoms with E-state index in [0.717, 1.165) is 32.0 Å². The minimum absolute atomic E-state index is 0.197. The highest BCUT2D eigenvalue weighted by Gasteiger charge is 2.34. The number of carbonyl (C=O) groups excluding carboxylic acids is 1. The Labute approximate surface area is 96.3 Å². The van der Waals surface area contributed by atoms with E-state index in [2.05, 4.69) is 17.2 Å². The molecule has 2 atom stereocenters. The van der Waals surface area contributed by atoms with Gasteiger partial charge in [-0.3, -0.25) is 15.1 Å². The Hall–Kier alpha value is -0.650. The highest BCUT2D eigenvalue weighted by Crippen LogP contribution is 2.29. The second-order valence-electron chi connectivity index (χ2n) is 4.65. The lowest BCUT2D eigenvalue weighted by Crippen LogP contribution is -2.40. The number of nitrogens with zero attached hydrogens (tertiary/aromatic N) is 1. The monoisotopic (exact) mass is 227 g/mol. The summed E-state index contributed by atoms with van der Waals surface area (Å²) in [6, 6.07) is 0.760. The second kappa shape index (κ2) is 5.12. The molecular weight excluding hydrogens is 206 g/mol. The van der Waals surface area contributed by atoms with E-state index in [4.69, 9.17) is 10.6 Å². The number of ether oxygens (including phenoxy) is 1. The smallest absolute Gasteiger partial charge is 0.263 e. The van der Waals surface area contributed by atoms with E-state index in [1.54, 1.807) is 0 Å². The molecule has 3 N–H and O–H groups in total. The SMILES string of the molecule is CCN(CC1CCC(C(=O)NN)O1)C1CC1. The summed E-state index contributed by atoms with van der Waals surface area (Å²) in [6.45, 7) is 4.20. The van der Waals surface area contributed by atoms with Gasteiger partial charge in [0.05, 0.1) is 6.10 Å². The minimum Gasteiger partial charge on any atom is -0.364 e. The Balaban J connectivity index is 1.77. The van der Waals surface area contributed by atoms with Gasteiger partial charge in [-0.1, -0.05) is 6.92 Å². The van der Waals surface area contributed by atoms with Gasteiger partial charge in [0.2, 0.25) is 0 Å². The summed E-state index contributed by atoms with van der Waals surface area (Å²) in [7, 11) is 0. The van der Waals surface area contributed by atoms with Crippen LogP contribution in [-0.4, -0.2) is 42.1 Å². The molecule has 5 nitrogen and oxygen atoms in total. The molecular formula is C11H21N3O2. The molecule has 2 unspecified atom stereocenters. The second-order valence-corrected chi connectivity index (χ2v) is 4.65. The van der Waals surface area contributed by atoms with Gasteiger partial charge >= 0.3 is 0 Å². The van der Waals surface area contributed by atoms with E-state index in [9.17, 15) is 4.79 Å². The van der Waals surface area contributed by atoms with Crippen molar-refractivity contribution in [1.82, 2.24) is 10.3 Å². The maximum atomic E-state index is 11.3. The Morgan fingerprint density at radius 1 is 1.44 bits per heavy atom. The van der Waals surface area contributed by atoms with E-state index in [1.807, 2.05) is 0 Å². The maximum Gasteiger partial charge on any atom is 0.263 e. The highest BCUT2D eigenvalue weighted by atomic mass is 16.5. The lowest BCUT2D eigenvalue weighted by atomic mass is 10.2. The van der Waals surface area contributed by atoms with Crippen molar-refractivity contribution >= 4 is 5.91 Å². The van der Waals surface area contributed by atoms with Crippen LogP contribution in [-0.2, 0) is 9.53 Å². The standard InChI is InChI=1S/C11H21N3O2/c1-2-14(8-3-4-8)7-9-5-6-10(16-9)11(15)13-12/h8-10H,2-7,12H2,1H3,(H,13,15). The van der Waals surface area contributed by atoms with Crippen LogP contribution in [0.3, 0.4) is 0 Å². The fraction of sp³-hybridized carbons (Fsp3) is 0.909. The summed E-state index contributed by atoms with van der Waals surface area (Å²) in [5.41, 5.74) is 2.15. The van der Waals surface area contributed by atoms with Crippen molar-refractivity contribution in [2.45, 2.75) is 50.9 Å². The molecule has 16 heavy (non-hydrogen) atoms. The highest BCUT2D eigenvalue weighted by molar-refractivity contribution is 5.80. The van der Waals surface area contributed by atoms with Gasteiger partial charge in [-0.05, 0) is 32.2 Å². The molecule has 0 aromatic heterocycles. The summed E-state index contributed by atoms with van der Waals surface area (Å²) in [5.74, 6) is 4.90. The Bertz CT molecular complexity index is 256. The average Bonchev–Trinajstić information content (AvgIpc) is 3.04. The van der Waals surface area contributed by atoms with Gasteiger partial charge in [-0.25, -0.2) is 5.84 Å². The van der Waals surface area contributed by atoms with E-state index in [-0.39, 0.29) is 18.1 Å². The number of hydrazine groups is 1. The van der Waals surface area contributed by atoms with Crippen LogP contribution in [0.4, 0.5) is 0 Å². The lowest BCUT2D eigenvalue weighted by Gasteiger charge is -2.23. The van der Waals surface area contributed by atoms with Crippen LogP contribution in [0.2, 0.25) is 0 Å². The van der Waals surface area contributed by atoms with Crippen LogP contribution in [0.25, 0.3) is 0 Å². The molecule has 1 saturated carbocycles. The predicted octanol–water partition coefficient (Wildman–Crippen LogP) is 0.00820. The molecule has 1 aliphatic heterocycles. The van der Waals surface area contributed by atoms with Crippen molar-refractivity contribution < 1.29 is 9.53 Å². The molecule has 1 aliphatic carbocycles. The quantitative estimate of drug-likeness (QED) is 0.394. The average molecular weight is 227 g/mol. The first-order valence-corrected chi connectivity index (χ1v) is 6.14. The van der Waals surface area contributed by atoms with E-state index < -0.39 is 0 Å². The third-order valence-corrected chi connectivity index (χ3v) is 3.45. The molecule has 5 heteroatoms. The van der Waals surface area contributed by atoms with Crippen molar-refractivity contribution in [3.8, 4) is 0 Å². The number of likely N-dealkylation sites (N-methyl/N-ethyl adjacent to an activating group) is 1.